The zero-order chi connectivity index (χ0) is 18.8. The summed E-state index contributed by atoms with van der Waals surface area (Å²) in [5.74, 6) is 1.94. The average Bonchev–Trinajstić information content (AvgIpc) is 3.13. The molecule has 0 aliphatic carbocycles. The van der Waals surface area contributed by atoms with Crippen LogP contribution in [0.3, 0.4) is 0 Å². The molecule has 7 nitrogen and oxygen atoms in total. The molecule has 3 N–H and O–H groups in total. The van der Waals surface area contributed by atoms with Crippen LogP contribution in [0, 0.1) is 6.92 Å². The first-order chi connectivity index (χ1) is 12.6. The smallest absolute Gasteiger partial charge is 0.239 e. The fourth-order valence-corrected chi connectivity index (χ4v) is 2.25. The van der Waals surface area contributed by atoms with E-state index < -0.39 is 0 Å². The summed E-state index contributed by atoms with van der Waals surface area (Å²) in [6, 6.07) is 11.5. The van der Waals surface area contributed by atoms with Crippen molar-refractivity contribution in [2.75, 3.05) is 20.1 Å². The first-order valence-corrected chi connectivity index (χ1v) is 8.53. The van der Waals surface area contributed by atoms with Crippen molar-refractivity contribution in [1.29, 1.82) is 0 Å². The number of ether oxygens (including phenoxy) is 1. The van der Waals surface area contributed by atoms with E-state index in [1.165, 1.54) is 0 Å². The fourth-order valence-electron chi connectivity index (χ4n) is 2.25. The van der Waals surface area contributed by atoms with Gasteiger partial charge in [0.1, 0.15) is 17.6 Å². The van der Waals surface area contributed by atoms with Gasteiger partial charge in [-0.25, -0.2) is 0 Å². The van der Waals surface area contributed by atoms with Gasteiger partial charge in [-0.1, -0.05) is 12.1 Å². The van der Waals surface area contributed by atoms with Gasteiger partial charge in [-0.05, 0) is 43.7 Å². The Morgan fingerprint density at radius 2 is 2.08 bits per heavy atom. The summed E-state index contributed by atoms with van der Waals surface area (Å²) >= 11 is 0. The molecule has 0 saturated heterocycles. The molecule has 2 aromatic rings. The SMILES string of the molecule is CN=C(NCC(=O)NCc1ccco1)NCC(C)Oc1cccc(C)c1. The highest BCUT2D eigenvalue weighted by Gasteiger charge is 2.08. The molecule has 1 unspecified atom stereocenters. The van der Waals surface area contributed by atoms with E-state index in [9.17, 15) is 4.79 Å². The summed E-state index contributed by atoms with van der Waals surface area (Å²) in [6.45, 7) is 5.03. The van der Waals surface area contributed by atoms with Crippen molar-refractivity contribution in [3.05, 3.63) is 54.0 Å². The molecular formula is C19H26N4O3. The second-order valence-corrected chi connectivity index (χ2v) is 5.91. The number of furan rings is 1. The van der Waals surface area contributed by atoms with Crippen LogP contribution in [0.2, 0.25) is 0 Å². The minimum absolute atomic E-state index is 0.0527. The maximum Gasteiger partial charge on any atom is 0.239 e. The number of benzene rings is 1. The number of hydrogen-bond donors (Lipinski definition) is 3. The minimum Gasteiger partial charge on any atom is -0.489 e. The van der Waals surface area contributed by atoms with Crippen LogP contribution in [0.4, 0.5) is 0 Å². The molecule has 0 saturated carbocycles. The highest BCUT2D eigenvalue weighted by atomic mass is 16.5. The lowest BCUT2D eigenvalue weighted by Gasteiger charge is -2.18. The molecular weight excluding hydrogens is 332 g/mol. The fraction of sp³-hybridized carbons (Fsp3) is 0.368. The number of carbonyl (C=O) groups excluding carboxylic acids is 1. The van der Waals surface area contributed by atoms with Crippen molar-refractivity contribution in [1.82, 2.24) is 16.0 Å². The number of amides is 1. The van der Waals surface area contributed by atoms with E-state index in [4.69, 9.17) is 9.15 Å². The summed E-state index contributed by atoms with van der Waals surface area (Å²) in [4.78, 5) is 16.0. The van der Waals surface area contributed by atoms with E-state index in [-0.39, 0.29) is 18.6 Å². The molecule has 1 aromatic heterocycles. The van der Waals surface area contributed by atoms with Crippen molar-refractivity contribution < 1.29 is 13.9 Å². The van der Waals surface area contributed by atoms with Gasteiger partial charge in [-0.2, -0.15) is 0 Å². The minimum atomic E-state index is -0.145. The van der Waals surface area contributed by atoms with Gasteiger partial charge in [-0.3, -0.25) is 9.79 Å². The van der Waals surface area contributed by atoms with Crippen molar-refractivity contribution >= 4 is 11.9 Å². The van der Waals surface area contributed by atoms with Crippen LogP contribution < -0.4 is 20.7 Å². The molecule has 0 aliphatic rings. The van der Waals surface area contributed by atoms with Crippen LogP contribution in [0.5, 0.6) is 5.75 Å². The molecule has 2 rings (SSSR count). The molecule has 1 amide bonds. The Morgan fingerprint density at radius 1 is 1.23 bits per heavy atom. The molecule has 1 atom stereocenters. The third-order valence-electron chi connectivity index (χ3n) is 3.56. The zero-order valence-electron chi connectivity index (χ0n) is 15.4. The number of hydrogen-bond acceptors (Lipinski definition) is 4. The van der Waals surface area contributed by atoms with Crippen LogP contribution in [-0.2, 0) is 11.3 Å². The monoisotopic (exact) mass is 358 g/mol. The summed E-state index contributed by atoms with van der Waals surface area (Å²) in [6.07, 6.45) is 1.52. The number of aryl methyl sites for hydroxylation is 1. The van der Waals surface area contributed by atoms with E-state index >= 15 is 0 Å². The highest BCUT2D eigenvalue weighted by Crippen LogP contribution is 2.13. The van der Waals surface area contributed by atoms with E-state index in [0.717, 1.165) is 11.3 Å². The number of guanidine groups is 1. The van der Waals surface area contributed by atoms with Gasteiger partial charge in [0.2, 0.25) is 5.91 Å². The number of nitrogens with zero attached hydrogens (tertiary/aromatic N) is 1. The van der Waals surface area contributed by atoms with Crippen LogP contribution in [0.15, 0.2) is 52.1 Å². The third kappa shape index (κ3) is 6.88. The lowest BCUT2D eigenvalue weighted by Crippen LogP contribution is -2.45. The van der Waals surface area contributed by atoms with Crippen LogP contribution in [0.1, 0.15) is 18.2 Å². The average molecular weight is 358 g/mol. The normalized spacial score (nSPS) is 12.3. The lowest BCUT2D eigenvalue weighted by molar-refractivity contribution is -0.120. The van der Waals surface area contributed by atoms with Crippen molar-refractivity contribution in [2.24, 2.45) is 4.99 Å². The van der Waals surface area contributed by atoms with Gasteiger partial charge in [0.05, 0.1) is 25.9 Å². The molecule has 0 radical (unpaired) electrons. The Kier molecular flexibility index (Phi) is 7.54. The van der Waals surface area contributed by atoms with Gasteiger partial charge in [0.25, 0.3) is 0 Å². The van der Waals surface area contributed by atoms with Gasteiger partial charge >= 0.3 is 0 Å². The molecule has 1 aromatic carbocycles. The maximum absolute atomic E-state index is 11.8. The second kappa shape index (κ2) is 10.1. The Bertz CT molecular complexity index is 713. The molecule has 0 fully saturated rings. The van der Waals surface area contributed by atoms with Gasteiger partial charge < -0.3 is 25.1 Å². The van der Waals surface area contributed by atoms with E-state index in [2.05, 4.69) is 20.9 Å². The quantitative estimate of drug-likeness (QED) is 0.495. The first-order valence-electron chi connectivity index (χ1n) is 8.53. The predicted molar refractivity (Wildman–Crippen MR) is 101 cm³/mol. The zero-order valence-corrected chi connectivity index (χ0v) is 15.4. The first kappa shape index (κ1) is 19.4. The van der Waals surface area contributed by atoms with Crippen LogP contribution in [0.25, 0.3) is 0 Å². The van der Waals surface area contributed by atoms with E-state index in [1.54, 1.807) is 19.4 Å². The molecule has 0 aliphatic heterocycles. The Balaban J connectivity index is 1.67. The summed E-state index contributed by atoms with van der Waals surface area (Å²) in [5, 5.41) is 8.88. The molecule has 140 valence electrons. The number of carbonyl (C=O) groups is 1. The molecule has 26 heavy (non-hydrogen) atoms. The van der Waals surface area contributed by atoms with Gasteiger partial charge in [-0.15, -0.1) is 0 Å². The summed E-state index contributed by atoms with van der Waals surface area (Å²) in [5.41, 5.74) is 1.15. The van der Waals surface area contributed by atoms with Crippen molar-refractivity contribution in [3.8, 4) is 5.75 Å². The van der Waals surface area contributed by atoms with E-state index in [1.807, 2.05) is 44.2 Å². The Labute approximate surface area is 153 Å². The molecule has 7 heteroatoms. The largest absolute Gasteiger partial charge is 0.489 e. The maximum atomic E-state index is 11.8. The van der Waals surface area contributed by atoms with Crippen LogP contribution >= 0.6 is 0 Å². The third-order valence-corrected chi connectivity index (χ3v) is 3.56. The molecule has 0 bridgehead atoms. The second-order valence-electron chi connectivity index (χ2n) is 5.91. The predicted octanol–water partition coefficient (Wildman–Crippen LogP) is 1.84. The molecule has 0 spiro atoms. The molecule has 1 heterocycles. The van der Waals surface area contributed by atoms with Crippen molar-refractivity contribution in [3.63, 3.8) is 0 Å². The Morgan fingerprint density at radius 3 is 2.77 bits per heavy atom. The summed E-state index contributed by atoms with van der Waals surface area (Å²) in [7, 11) is 1.65. The number of aliphatic imine (C=N–C) groups is 1. The van der Waals surface area contributed by atoms with E-state index in [0.29, 0.717) is 24.8 Å². The highest BCUT2D eigenvalue weighted by molar-refractivity contribution is 5.86. The van der Waals surface area contributed by atoms with Gasteiger partial charge in [0.15, 0.2) is 5.96 Å². The van der Waals surface area contributed by atoms with Crippen molar-refractivity contribution in [2.45, 2.75) is 26.5 Å². The summed E-state index contributed by atoms with van der Waals surface area (Å²) < 4.78 is 11.0. The topological polar surface area (TPSA) is 87.9 Å². The lowest BCUT2D eigenvalue weighted by atomic mass is 10.2. The standard InChI is InChI=1S/C19H26N4O3/c1-14-6-4-7-16(10-14)26-15(2)11-22-19(20-3)23-13-18(24)21-12-17-8-5-9-25-17/h4-10,15H,11-13H2,1-3H3,(H,21,24)(H2,20,22,23). The number of rotatable bonds is 8. The number of nitrogens with one attached hydrogen (secondary N) is 3. The van der Waals surface area contributed by atoms with Gasteiger partial charge in [0, 0.05) is 7.05 Å². The van der Waals surface area contributed by atoms with Crippen LogP contribution in [-0.4, -0.2) is 38.1 Å². The Hall–Kier alpha value is -2.96.